The summed E-state index contributed by atoms with van der Waals surface area (Å²) in [6.45, 7) is 6.53. The molecule has 2 rings (SSSR count). The lowest BCUT2D eigenvalue weighted by Crippen LogP contribution is -2.30. The number of guanidine groups is 1. The molecule has 0 radical (unpaired) electrons. The minimum atomic E-state index is 0. The lowest BCUT2D eigenvalue weighted by atomic mass is 10.2. The predicted octanol–water partition coefficient (Wildman–Crippen LogP) is 5.04. The van der Waals surface area contributed by atoms with E-state index in [0.717, 1.165) is 42.1 Å². The third-order valence-corrected chi connectivity index (χ3v) is 4.31. The van der Waals surface area contributed by atoms with Crippen molar-refractivity contribution in [2.75, 3.05) is 37.5 Å². The first kappa shape index (κ1) is 27.7. The van der Waals surface area contributed by atoms with Crippen LogP contribution in [0.5, 0.6) is 5.75 Å². The number of anilines is 2. The van der Waals surface area contributed by atoms with Crippen molar-refractivity contribution >= 4 is 47.2 Å². The topological polar surface area (TPSA) is 84.0 Å². The van der Waals surface area contributed by atoms with E-state index < -0.39 is 0 Å². The number of rotatable bonds is 12. The highest BCUT2D eigenvalue weighted by Gasteiger charge is 2.04. The Kier molecular flexibility index (Phi) is 14.1. The third-order valence-electron chi connectivity index (χ3n) is 4.31. The zero-order chi connectivity index (χ0) is 22.3. The van der Waals surface area contributed by atoms with Gasteiger partial charge in [-0.05, 0) is 43.2 Å². The summed E-state index contributed by atoms with van der Waals surface area (Å²) in [5.74, 6) is 1.51. The van der Waals surface area contributed by atoms with Crippen LogP contribution in [0.1, 0.15) is 38.7 Å². The Morgan fingerprint density at radius 3 is 2.47 bits per heavy atom. The molecule has 3 N–H and O–H groups in total. The van der Waals surface area contributed by atoms with Crippen molar-refractivity contribution in [2.45, 2.75) is 39.7 Å². The molecule has 0 aliphatic heterocycles. The van der Waals surface area contributed by atoms with Crippen LogP contribution in [0.4, 0.5) is 11.4 Å². The second kappa shape index (κ2) is 16.3. The Labute approximate surface area is 208 Å². The molecule has 0 atom stereocenters. The number of nitrogens with one attached hydrogen (secondary N) is 3. The quantitative estimate of drug-likeness (QED) is 0.148. The number of ether oxygens (including phenoxy) is 2. The van der Waals surface area contributed by atoms with Crippen LogP contribution in [0.25, 0.3) is 0 Å². The summed E-state index contributed by atoms with van der Waals surface area (Å²) in [6.07, 6.45) is 2.19. The van der Waals surface area contributed by atoms with Gasteiger partial charge in [0.05, 0.1) is 13.2 Å². The molecule has 176 valence electrons. The molecule has 0 aromatic heterocycles. The molecule has 0 saturated heterocycles. The number of halogens is 1. The van der Waals surface area contributed by atoms with Crippen molar-refractivity contribution in [2.24, 2.45) is 4.99 Å². The van der Waals surface area contributed by atoms with Crippen molar-refractivity contribution in [1.29, 1.82) is 0 Å². The van der Waals surface area contributed by atoms with E-state index in [-0.39, 0.29) is 29.9 Å². The molecule has 0 spiro atoms. The van der Waals surface area contributed by atoms with E-state index >= 15 is 0 Å². The maximum atomic E-state index is 11.8. The number of nitrogens with zero attached hydrogens (tertiary/aromatic N) is 1. The number of amides is 1. The predicted molar refractivity (Wildman–Crippen MR) is 142 cm³/mol. The van der Waals surface area contributed by atoms with Crippen LogP contribution in [-0.4, -0.2) is 38.7 Å². The summed E-state index contributed by atoms with van der Waals surface area (Å²) in [5, 5.41) is 9.50. The average Bonchev–Trinajstić information content (AvgIpc) is 2.76. The Hall–Kier alpha value is -2.33. The lowest BCUT2D eigenvalue weighted by Gasteiger charge is -2.13. The van der Waals surface area contributed by atoms with E-state index in [9.17, 15) is 4.79 Å². The standard InChI is InChI=1S/C24H34N4O3.HI/c1-4-9-23(29)27-20-11-6-10-19(16-20)18-26-24(25-5-2)28-21-12-7-13-22(17-21)31-15-8-14-30-3;/h6-7,10-13,16-17H,4-5,8-9,14-15,18H2,1-3H3,(H,27,29)(H2,25,26,28);1H. The van der Waals surface area contributed by atoms with Gasteiger partial charge in [0.1, 0.15) is 5.75 Å². The van der Waals surface area contributed by atoms with Gasteiger partial charge in [0.25, 0.3) is 0 Å². The number of hydrogen-bond acceptors (Lipinski definition) is 4. The second-order valence-electron chi connectivity index (χ2n) is 7.04. The van der Waals surface area contributed by atoms with E-state index in [0.29, 0.717) is 32.1 Å². The molecule has 0 bridgehead atoms. The van der Waals surface area contributed by atoms with E-state index in [1.807, 2.05) is 62.4 Å². The van der Waals surface area contributed by atoms with Crippen molar-refractivity contribution in [1.82, 2.24) is 5.32 Å². The van der Waals surface area contributed by atoms with Crippen LogP contribution in [0, 0.1) is 0 Å². The summed E-state index contributed by atoms with van der Waals surface area (Å²) in [4.78, 5) is 16.5. The van der Waals surface area contributed by atoms with E-state index in [2.05, 4.69) is 20.9 Å². The Morgan fingerprint density at radius 1 is 1.00 bits per heavy atom. The molecular weight excluding hydrogens is 519 g/mol. The zero-order valence-corrected chi connectivity index (χ0v) is 21.5. The van der Waals surface area contributed by atoms with Crippen molar-refractivity contribution in [3.05, 3.63) is 54.1 Å². The highest BCUT2D eigenvalue weighted by atomic mass is 127. The summed E-state index contributed by atoms with van der Waals surface area (Å²) >= 11 is 0. The maximum Gasteiger partial charge on any atom is 0.224 e. The fraction of sp³-hybridized carbons (Fsp3) is 0.417. The van der Waals surface area contributed by atoms with Gasteiger partial charge in [-0.15, -0.1) is 24.0 Å². The van der Waals surface area contributed by atoms with Crippen LogP contribution < -0.4 is 20.7 Å². The molecular formula is C24H35IN4O3. The van der Waals surface area contributed by atoms with Gasteiger partial charge in [-0.2, -0.15) is 0 Å². The van der Waals surface area contributed by atoms with Gasteiger partial charge in [-0.25, -0.2) is 4.99 Å². The average molecular weight is 554 g/mol. The number of benzene rings is 2. The van der Waals surface area contributed by atoms with Crippen LogP contribution >= 0.6 is 24.0 Å². The number of hydrogen-bond donors (Lipinski definition) is 3. The fourth-order valence-corrected chi connectivity index (χ4v) is 2.87. The Balaban J connectivity index is 0.00000512. The zero-order valence-electron chi connectivity index (χ0n) is 19.1. The maximum absolute atomic E-state index is 11.8. The fourth-order valence-electron chi connectivity index (χ4n) is 2.87. The first-order valence-corrected chi connectivity index (χ1v) is 10.8. The summed E-state index contributed by atoms with van der Waals surface area (Å²) < 4.78 is 10.8. The van der Waals surface area contributed by atoms with Crippen LogP contribution in [0.2, 0.25) is 0 Å². The molecule has 0 unspecified atom stereocenters. The molecule has 0 aliphatic rings. The second-order valence-corrected chi connectivity index (χ2v) is 7.04. The summed E-state index contributed by atoms with van der Waals surface area (Å²) in [6, 6.07) is 15.6. The van der Waals surface area contributed by atoms with Crippen LogP contribution in [0.3, 0.4) is 0 Å². The van der Waals surface area contributed by atoms with E-state index in [1.165, 1.54) is 0 Å². The number of carbonyl (C=O) groups excluding carboxylic acids is 1. The highest BCUT2D eigenvalue weighted by molar-refractivity contribution is 14.0. The van der Waals surface area contributed by atoms with Gasteiger partial charge in [0, 0.05) is 50.5 Å². The molecule has 32 heavy (non-hydrogen) atoms. The molecule has 2 aromatic carbocycles. The van der Waals surface area contributed by atoms with Crippen molar-refractivity contribution in [3.8, 4) is 5.75 Å². The molecule has 0 aliphatic carbocycles. The number of methoxy groups -OCH3 is 1. The van der Waals surface area contributed by atoms with Gasteiger partial charge in [-0.3, -0.25) is 4.79 Å². The largest absolute Gasteiger partial charge is 0.493 e. The number of carbonyl (C=O) groups is 1. The van der Waals surface area contributed by atoms with Crippen LogP contribution in [-0.2, 0) is 16.1 Å². The Bertz CT molecular complexity index is 845. The van der Waals surface area contributed by atoms with E-state index in [1.54, 1.807) is 7.11 Å². The lowest BCUT2D eigenvalue weighted by molar-refractivity contribution is -0.116. The smallest absolute Gasteiger partial charge is 0.224 e. The van der Waals surface area contributed by atoms with Crippen LogP contribution in [0.15, 0.2) is 53.5 Å². The Morgan fingerprint density at radius 2 is 1.75 bits per heavy atom. The minimum absolute atomic E-state index is 0. The van der Waals surface area contributed by atoms with Gasteiger partial charge in [0.2, 0.25) is 5.91 Å². The first-order valence-electron chi connectivity index (χ1n) is 10.8. The molecule has 0 heterocycles. The minimum Gasteiger partial charge on any atom is -0.493 e. The summed E-state index contributed by atoms with van der Waals surface area (Å²) in [5.41, 5.74) is 2.70. The first-order chi connectivity index (χ1) is 15.1. The normalized spacial score (nSPS) is 10.8. The molecule has 2 aromatic rings. The molecule has 0 fully saturated rings. The number of aliphatic imine (C=N–C) groups is 1. The van der Waals surface area contributed by atoms with Gasteiger partial charge >= 0.3 is 0 Å². The van der Waals surface area contributed by atoms with Gasteiger partial charge in [-0.1, -0.05) is 25.1 Å². The summed E-state index contributed by atoms with van der Waals surface area (Å²) in [7, 11) is 1.69. The monoisotopic (exact) mass is 554 g/mol. The molecule has 0 saturated carbocycles. The molecule has 7 nitrogen and oxygen atoms in total. The van der Waals surface area contributed by atoms with Crippen molar-refractivity contribution in [3.63, 3.8) is 0 Å². The van der Waals surface area contributed by atoms with E-state index in [4.69, 9.17) is 9.47 Å². The SMILES string of the molecule is CCCC(=O)Nc1cccc(CN=C(NCC)Nc2cccc(OCCCOC)c2)c1.I. The molecule has 8 heteroatoms. The van der Waals surface area contributed by atoms with Crippen molar-refractivity contribution < 1.29 is 14.3 Å². The third kappa shape index (κ3) is 10.8. The molecule has 1 amide bonds. The van der Waals surface area contributed by atoms with Gasteiger partial charge < -0.3 is 25.4 Å². The highest BCUT2D eigenvalue weighted by Crippen LogP contribution is 2.18. The van der Waals surface area contributed by atoms with Gasteiger partial charge in [0.15, 0.2) is 5.96 Å².